The Morgan fingerprint density at radius 2 is 2.10 bits per heavy atom. The van der Waals surface area contributed by atoms with Gasteiger partial charge in [0.1, 0.15) is 12.1 Å². The van der Waals surface area contributed by atoms with Crippen LogP contribution in [0.1, 0.15) is 25.5 Å². The maximum absolute atomic E-state index is 13.0. The summed E-state index contributed by atoms with van der Waals surface area (Å²) >= 11 is 0. The van der Waals surface area contributed by atoms with Gasteiger partial charge in [-0.05, 0) is 44.0 Å². The number of carbonyl (C=O) groups excluding carboxylic acids is 1. The summed E-state index contributed by atoms with van der Waals surface area (Å²) in [5, 5.41) is 3.20. The number of benzene rings is 1. The van der Waals surface area contributed by atoms with Crippen molar-refractivity contribution in [1.29, 1.82) is 0 Å². The van der Waals surface area contributed by atoms with Crippen molar-refractivity contribution in [3.05, 3.63) is 42.0 Å². The number of nitrogens with zero attached hydrogens (tertiary/aromatic N) is 3. The third-order valence-corrected chi connectivity index (χ3v) is 4.67. The topological polar surface area (TPSA) is 106 Å². The predicted octanol–water partition coefficient (Wildman–Crippen LogP) is 2.55. The van der Waals surface area contributed by atoms with Crippen LogP contribution in [0.3, 0.4) is 0 Å². The second kappa shape index (κ2) is 9.90. The highest BCUT2D eigenvalue weighted by atomic mass is 19.1. The lowest BCUT2D eigenvalue weighted by molar-refractivity contribution is 0.0963. The van der Waals surface area contributed by atoms with Gasteiger partial charge in [-0.2, -0.15) is 0 Å². The number of rotatable bonds is 6. The number of nitrogens with one attached hydrogen (secondary N) is 1. The Morgan fingerprint density at radius 1 is 1.38 bits per heavy atom. The van der Waals surface area contributed by atoms with Crippen molar-refractivity contribution in [3.63, 3.8) is 0 Å². The van der Waals surface area contributed by atoms with Gasteiger partial charge in [-0.3, -0.25) is 4.99 Å². The van der Waals surface area contributed by atoms with E-state index in [1.165, 1.54) is 12.1 Å². The fraction of sp³-hybridized carbons (Fsp3) is 0.450. The molecule has 1 saturated heterocycles. The first-order valence-electron chi connectivity index (χ1n) is 9.73. The zero-order chi connectivity index (χ0) is 20.6. The third-order valence-electron chi connectivity index (χ3n) is 4.67. The van der Waals surface area contributed by atoms with E-state index < -0.39 is 0 Å². The number of amides is 1. The Morgan fingerprint density at radius 3 is 2.79 bits per heavy atom. The molecular formula is C20H26FN5O3. The molecule has 0 aliphatic carbocycles. The van der Waals surface area contributed by atoms with Crippen LogP contribution in [0.4, 0.5) is 9.18 Å². The quantitative estimate of drug-likeness (QED) is 0.567. The number of aliphatic imine (C=N–C) groups is 1. The molecule has 2 heterocycles. The van der Waals surface area contributed by atoms with Crippen molar-refractivity contribution >= 4 is 12.1 Å². The minimum atomic E-state index is -0.301. The average molecular weight is 403 g/mol. The summed E-state index contributed by atoms with van der Waals surface area (Å²) in [7, 11) is 0. The number of likely N-dealkylation sites (tertiary alicyclic amines) is 1. The van der Waals surface area contributed by atoms with E-state index in [-0.39, 0.29) is 18.0 Å². The minimum Gasteiger partial charge on any atom is -0.450 e. The Bertz CT molecular complexity index is 829. The predicted molar refractivity (Wildman–Crippen MR) is 107 cm³/mol. The van der Waals surface area contributed by atoms with Gasteiger partial charge >= 0.3 is 6.09 Å². The number of hydrogen-bond donors (Lipinski definition) is 2. The van der Waals surface area contributed by atoms with Crippen molar-refractivity contribution in [1.82, 2.24) is 15.2 Å². The van der Waals surface area contributed by atoms with E-state index in [1.807, 2.05) is 0 Å². The molecule has 2 aromatic rings. The van der Waals surface area contributed by atoms with Crippen LogP contribution in [0.2, 0.25) is 0 Å². The number of hydrogen-bond acceptors (Lipinski definition) is 5. The zero-order valence-corrected chi connectivity index (χ0v) is 16.4. The van der Waals surface area contributed by atoms with Crippen molar-refractivity contribution in [3.8, 4) is 11.5 Å². The van der Waals surface area contributed by atoms with Crippen LogP contribution >= 0.6 is 0 Å². The van der Waals surface area contributed by atoms with Gasteiger partial charge in [0.2, 0.25) is 5.89 Å². The number of halogens is 1. The zero-order valence-electron chi connectivity index (χ0n) is 16.4. The molecule has 1 amide bonds. The van der Waals surface area contributed by atoms with Gasteiger partial charge in [-0.1, -0.05) is 0 Å². The van der Waals surface area contributed by atoms with E-state index in [9.17, 15) is 9.18 Å². The molecule has 1 aromatic heterocycles. The van der Waals surface area contributed by atoms with Crippen molar-refractivity contribution in [2.24, 2.45) is 10.7 Å². The Balaban J connectivity index is 1.42. The normalized spacial score (nSPS) is 15.4. The Kier molecular flexibility index (Phi) is 7.04. The molecular weight excluding hydrogens is 377 g/mol. The van der Waals surface area contributed by atoms with E-state index in [0.29, 0.717) is 44.5 Å². The van der Waals surface area contributed by atoms with Gasteiger partial charge < -0.3 is 25.1 Å². The molecule has 29 heavy (non-hydrogen) atoms. The molecule has 0 radical (unpaired) electrons. The highest BCUT2D eigenvalue weighted by molar-refractivity contribution is 5.78. The number of aromatic nitrogens is 1. The van der Waals surface area contributed by atoms with E-state index in [0.717, 1.165) is 24.1 Å². The molecule has 3 rings (SSSR count). The fourth-order valence-corrected chi connectivity index (χ4v) is 3.11. The van der Waals surface area contributed by atoms with Crippen LogP contribution in [0.25, 0.3) is 11.5 Å². The molecule has 1 aliphatic heterocycles. The van der Waals surface area contributed by atoms with Crippen molar-refractivity contribution in [2.75, 3.05) is 26.2 Å². The van der Waals surface area contributed by atoms with E-state index in [4.69, 9.17) is 14.9 Å². The Hall–Kier alpha value is -3.10. The van der Waals surface area contributed by atoms with Gasteiger partial charge in [0, 0.05) is 37.7 Å². The van der Waals surface area contributed by atoms with Crippen LogP contribution < -0.4 is 11.1 Å². The third kappa shape index (κ3) is 5.94. The van der Waals surface area contributed by atoms with Gasteiger partial charge in [0.15, 0.2) is 5.96 Å². The molecule has 0 atom stereocenters. The molecule has 3 N–H and O–H groups in total. The lowest BCUT2D eigenvalue weighted by Crippen LogP contribution is -2.48. The minimum absolute atomic E-state index is 0.182. The second-order valence-corrected chi connectivity index (χ2v) is 6.77. The lowest BCUT2D eigenvalue weighted by Gasteiger charge is -2.31. The van der Waals surface area contributed by atoms with Crippen LogP contribution in [0, 0.1) is 5.82 Å². The molecule has 1 aliphatic rings. The van der Waals surface area contributed by atoms with E-state index in [1.54, 1.807) is 30.2 Å². The van der Waals surface area contributed by atoms with Crippen LogP contribution in [0.5, 0.6) is 0 Å². The molecule has 0 spiro atoms. The molecule has 1 aromatic carbocycles. The lowest BCUT2D eigenvalue weighted by atomic mass is 10.1. The summed E-state index contributed by atoms with van der Waals surface area (Å²) in [5.41, 5.74) is 7.45. The van der Waals surface area contributed by atoms with Gasteiger partial charge in [-0.25, -0.2) is 14.2 Å². The second-order valence-electron chi connectivity index (χ2n) is 6.77. The number of carbonyl (C=O) groups is 1. The number of piperidine rings is 1. The highest BCUT2D eigenvalue weighted by Gasteiger charge is 2.23. The number of nitrogens with two attached hydrogens (primary N) is 1. The maximum atomic E-state index is 13.0. The van der Waals surface area contributed by atoms with Crippen LogP contribution in [0.15, 0.2) is 39.9 Å². The molecule has 9 heteroatoms. The van der Waals surface area contributed by atoms with Gasteiger partial charge in [0.25, 0.3) is 0 Å². The summed E-state index contributed by atoms with van der Waals surface area (Å²) in [6, 6.07) is 6.16. The van der Waals surface area contributed by atoms with Gasteiger partial charge in [-0.15, -0.1) is 0 Å². The van der Waals surface area contributed by atoms with Crippen LogP contribution in [-0.2, 0) is 11.2 Å². The van der Waals surface area contributed by atoms with E-state index >= 15 is 0 Å². The SMILES string of the molecule is CCOC(=O)N1CCC(NC(N)=NCCc2coc(-c3ccc(F)cc3)n2)CC1. The Labute approximate surface area is 168 Å². The molecule has 8 nitrogen and oxygen atoms in total. The highest BCUT2D eigenvalue weighted by Crippen LogP contribution is 2.19. The monoisotopic (exact) mass is 403 g/mol. The molecule has 0 unspecified atom stereocenters. The van der Waals surface area contributed by atoms with Gasteiger partial charge in [0.05, 0.1) is 12.3 Å². The van der Waals surface area contributed by atoms with Crippen molar-refractivity contribution < 1.29 is 18.3 Å². The largest absolute Gasteiger partial charge is 0.450 e. The standard InChI is InChI=1S/C20H26FN5O3/c1-2-28-20(27)26-11-8-16(9-12-26)25-19(22)23-10-7-17-13-29-18(24-17)14-3-5-15(21)6-4-14/h3-6,13,16H,2,7-12H2,1H3,(H3,22,23,25). The number of oxazole rings is 1. The first-order chi connectivity index (χ1) is 14.0. The summed E-state index contributed by atoms with van der Waals surface area (Å²) in [4.78, 5) is 22.2. The fourth-order valence-electron chi connectivity index (χ4n) is 3.11. The average Bonchev–Trinajstić information content (AvgIpc) is 3.18. The first kappa shape index (κ1) is 20.6. The van der Waals surface area contributed by atoms with Crippen molar-refractivity contribution in [2.45, 2.75) is 32.2 Å². The molecule has 156 valence electrons. The summed E-state index contributed by atoms with van der Waals surface area (Å²) in [6.07, 6.45) is 3.47. The number of guanidine groups is 1. The summed E-state index contributed by atoms with van der Waals surface area (Å²) < 4.78 is 23.5. The number of ether oxygens (including phenoxy) is 1. The smallest absolute Gasteiger partial charge is 0.409 e. The molecule has 0 bridgehead atoms. The first-order valence-corrected chi connectivity index (χ1v) is 9.73. The molecule has 0 saturated carbocycles. The maximum Gasteiger partial charge on any atom is 0.409 e. The van der Waals surface area contributed by atoms with Crippen LogP contribution in [-0.4, -0.2) is 54.2 Å². The summed E-state index contributed by atoms with van der Waals surface area (Å²) in [6.45, 7) is 3.92. The van der Waals surface area contributed by atoms with E-state index in [2.05, 4.69) is 15.3 Å². The summed E-state index contributed by atoms with van der Waals surface area (Å²) in [5.74, 6) is 0.523. The molecule has 1 fully saturated rings.